The predicted octanol–water partition coefficient (Wildman–Crippen LogP) is 2.25. The molecular formula is C12H18O3. The first-order valence-corrected chi connectivity index (χ1v) is 4.69. The summed E-state index contributed by atoms with van der Waals surface area (Å²) in [4.78, 5) is 10.7. The SMILES string of the molecule is C=C(C)C(=O)OCC1CO1.C=CC(=C)C. The highest BCUT2D eigenvalue weighted by molar-refractivity contribution is 5.86. The Morgan fingerprint density at radius 1 is 1.53 bits per heavy atom. The van der Waals surface area contributed by atoms with E-state index in [9.17, 15) is 4.79 Å². The molecule has 0 N–H and O–H groups in total. The van der Waals surface area contributed by atoms with Crippen molar-refractivity contribution in [1.82, 2.24) is 0 Å². The summed E-state index contributed by atoms with van der Waals surface area (Å²) in [6, 6.07) is 0. The molecule has 3 nitrogen and oxygen atoms in total. The minimum Gasteiger partial charge on any atom is -0.459 e. The Hall–Kier alpha value is -1.35. The van der Waals surface area contributed by atoms with Gasteiger partial charge in [-0.05, 0) is 13.8 Å². The zero-order valence-corrected chi connectivity index (χ0v) is 9.41. The summed E-state index contributed by atoms with van der Waals surface area (Å²) in [5.74, 6) is -0.337. The molecule has 1 unspecified atom stereocenters. The highest BCUT2D eigenvalue weighted by atomic mass is 16.6. The van der Waals surface area contributed by atoms with Crippen LogP contribution in [0.15, 0.2) is 37.0 Å². The van der Waals surface area contributed by atoms with Crippen LogP contribution in [0.2, 0.25) is 0 Å². The molecule has 1 fully saturated rings. The summed E-state index contributed by atoms with van der Waals surface area (Å²) < 4.78 is 9.60. The number of carbonyl (C=O) groups excluding carboxylic acids is 1. The van der Waals surface area contributed by atoms with Gasteiger partial charge in [0.1, 0.15) is 12.7 Å². The van der Waals surface area contributed by atoms with E-state index in [1.165, 1.54) is 0 Å². The lowest BCUT2D eigenvalue weighted by atomic mass is 10.4. The van der Waals surface area contributed by atoms with Crippen molar-refractivity contribution in [2.75, 3.05) is 13.2 Å². The molecule has 15 heavy (non-hydrogen) atoms. The lowest BCUT2D eigenvalue weighted by Gasteiger charge is -1.99. The second kappa shape index (κ2) is 7.01. The Bertz CT molecular complexity index is 262. The minimum atomic E-state index is -0.337. The van der Waals surface area contributed by atoms with Crippen molar-refractivity contribution in [3.8, 4) is 0 Å². The largest absolute Gasteiger partial charge is 0.459 e. The summed E-state index contributed by atoms with van der Waals surface area (Å²) in [6.07, 6.45) is 1.86. The van der Waals surface area contributed by atoms with Crippen LogP contribution < -0.4 is 0 Å². The lowest BCUT2D eigenvalue weighted by molar-refractivity contribution is -0.139. The molecule has 0 aromatic rings. The van der Waals surface area contributed by atoms with E-state index in [1.54, 1.807) is 13.0 Å². The highest BCUT2D eigenvalue weighted by Crippen LogP contribution is 2.09. The average molecular weight is 210 g/mol. The van der Waals surface area contributed by atoms with Crippen LogP contribution in [-0.2, 0) is 14.3 Å². The summed E-state index contributed by atoms with van der Waals surface area (Å²) in [5.41, 5.74) is 1.45. The average Bonchev–Trinajstić information content (AvgIpc) is 2.98. The fraction of sp³-hybridized carbons (Fsp3) is 0.417. The van der Waals surface area contributed by atoms with Gasteiger partial charge in [-0.2, -0.15) is 0 Å². The molecule has 3 heteroatoms. The van der Waals surface area contributed by atoms with Crippen LogP contribution in [0.5, 0.6) is 0 Å². The maximum Gasteiger partial charge on any atom is 0.333 e. The van der Waals surface area contributed by atoms with Crippen molar-refractivity contribution in [3.63, 3.8) is 0 Å². The quantitative estimate of drug-likeness (QED) is 0.309. The van der Waals surface area contributed by atoms with E-state index in [2.05, 4.69) is 19.7 Å². The number of hydrogen-bond donors (Lipinski definition) is 0. The Kier molecular flexibility index (Phi) is 6.38. The van der Waals surface area contributed by atoms with Gasteiger partial charge >= 0.3 is 5.97 Å². The van der Waals surface area contributed by atoms with Crippen molar-refractivity contribution in [3.05, 3.63) is 37.0 Å². The van der Waals surface area contributed by atoms with E-state index < -0.39 is 0 Å². The number of esters is 1. The van der Waals surface area contributed by atoms with Gasteiger partial charge in [0.25, 0.3) is 0 Å². The van der Waals surface area contributed by atoms with Crippen LogP contribution in [0.1, 0.15) is 13.8 Å². The summed E-state index contributed by atoms with van der Waals surface area (Å²) >= 11 is 0. The Balaban J connectivity index is 0.000000336. The monoisotopic (exact) mass is 210 g/mol. The predicted molar refractivity (Wildman–Crippen MR) is 60.5 cm³/mol. The smallest absolute Gasteiger partial charge is 0.333 e. The molecule has 0 bridgehead atoms. The second-order valence-corrected chi connectivity index (χ2v) is 3.38. The van der Waals surface area contributed by atoms with Crippen LogP contribution in [0.4, 0.5) is 0 Å². The molecule has 1 saturated heterocycles. The van der Waals surface area contributed by atoms with Gasteiger partial charge in [0.05, 0.1) is 6.61 Å². The van der Waals surface area contributed by atoms with Gasteiger partial charge in [0, 0.05) is 5.57 Å². The zero-order valence-electron chi connectivity index (χ0n) is 9.41. The Morgan fingerprint density at radius 3 is 2.27 bits per heavy atom. The number of allylic oxidation sites excluding steroid dienone is 2. The van der Waals surface area contributed by atoms with Gasteiger partial charge < -0.3 is 9.47 Å². The molecule has 1 aliphatic rings. The normalized spacial score (nSPS) is 16.8. The fourth-order valence-corrected chi connectivity index (χ4v) is 0.456. The molecule has 0 aromatic carbocycles. The highest BCUT2D eigenvalue weighted by Gasteiger charge is 2.24. The van der Waals surface area contributed by atoms with Crippen LogP contribution in [0, 0.1) is 0 Å². The number of epoxide rings is 1. The van der Waals surface area contributed by atoms with Gasteiger partial charge in [-0.3, -0.25) is 0 Å². The first-order valence-electron chi connectivity index (χ1n) is 4.69. The van der Waals surface area contributed by atoms with Crippen molar-refractivity contribution in [1.29, 1.82) is 0 Å². The second-order valence-electron chi connectivity index (χ2n) is 3.38. The first kappa shape index (κ1) is 13.7. The summed E-state index contributed by atoms with van der Waals surface area (Å²) in [6.45, 7) is 15.1. The van der Waals surface area contributed by atoms with Crippen molar-refractivity contribution >= 4 is 5.97 Å². The topological polar surface area (TPSA) is 38.8 Å². The van der Waals surface area contributed by atoms with E-state index in [4.69, 9.17) is 9.47 Å². The Labute approximate surface area is 91.1 Å². The van der Waals surface area contributed by atoms with Gasteiger partial charge in [-0.25, -0.2) is 4.79 Å². The number of rotatable bonds is 4. The van der Waals surface area contributed by atoms with Crippen molar-refractivity contribution < 1.29 is 14.3 Å². The molecule has 0 amide bonds. The lowest BCUT2D eigenvalue weighted by Crippen LogP contribution is -2.09. The van der Waals surface area contributed by atoms with Crippen LogP contribution in [-0.4, -0.2) is 25.3 Å². The third-order valence-electron chi connectivity index (χ3n) is 1.50. The van der Waals surface area contributed by atoms with E-state index in [0.717, 1.165) is 5.57 Å². The standard InChI is InChI=1S/C7H10O3.C5H8/c1-5(2)7(8)10-4-6-3-9-6;1-4-5(2)3/h6H,1,3-4H2,2H3;4H,1-2H2,3H3. The van der Waals surface area contributed by atoms with Crippen LogP contribution in [0.25, 0.3) is 0 Å². The minimum absolute atomic E-state index is 0.142. The van der Waals surface area contributed by atoms with Crippen LogP contribution >= 0.6 is 0 Å². The third-order valence-corrected chi connectivity index (χ3v) is 1.50. The molecule has 1 aliphatic heterocycles. The first-order chi connectivity index (χ1) is 6.97. The number of hydrogen-bond acceptors (Lipinski definition) is 3. The summed E-state index contributed by atoms with van der Waals surface area (Å²) in [7, 11) is 0. The number of carbonyl (C=O) groups is 1. The van der Waals surface area contributed by atoms with E-state index in [-0.39, 0.29) is 12.1 Å². The molecule has 1 heterocycles. The molecule has 0 saturated carbocycles. The zero-order chi connectivity index (χ0) is 11.8. The molecule has 0 spiro atoms. The molecule has 0 aromatic heterocycles. The molecule has 1 atom stereocenters. The van der Waals surface area contributed by atoms with Gasteiger partial charge in [0.15, 0.2) is 0 Å². The van der Waals surface area contributed by atoms with E-state index >= 15 is 0 Å². The van der Waals surface area contributed by atoms with Gasteiger partial charge in [-0.15, -0.1) is 0 Å². The molecule has 84 valence electrons. The molecule has 0 aliphatic carbocycles. The van der Waals surface area contributed by atoms with Crippen molar-refractivity contribution in [2.45, 2.75) is 20.0 Å². The Morgan fingerprint density at radius 2 is 2.00 bits per heavy atom. The van der Waals surface area contributed by atoms with E-state index in [0.29, 0.717) is 18.8 Å². The maximum absolute atomic E-state index is 10.7. The third kappa shape index (κ3) is 8.97. The van der Waals surface area contributed by atoms with Gasteiger partial charge in [-0.1, -0.05) is 31.4 Å². The number of ether oxygens (including phenoxy) is 2. The fourth-order valence-electron chi connectivity index (χ4n) is 0.456. The molecular weight excluding hydrogens is 192 g/mol. The van der Waals surface area contributed by atoms with E-state index in [1.807, 2.05) is 6.92 Å². The van der Waals surface area contributed by atoms with Crippen LogP contribution in [0.3, 0.4) is 0 Å². The molecule has 1 rings (SSSR count). The molecule has 0 radical (unpaired) electrons. The van der Waals surface area contributed by atoms with Crippen molar-refractivity contribution in [2.24, 2.45) is 0 Å². The summed E-state index contributed by atoms with van der Waals surface area (Å²) in [5, 5.41) is 0. The maximum atomic E-state index is 10.7. The van der Waals surface area contributed by atoms with Gasteiger partial charge in [0.2, 0.25) is 0 Å².